The van der Waals surface area contributed by atoms with Crippen molar-refractivity contribution in [3.63, 3.8) is 0 Å². The number of para-hydroxylation sites is 2. The van der Waals surface area contributed by atoms with Crippen LogP contribution in [0.5, 0.6) is 0 Å². The Bertz CT molecular complexity index is 1300. The highest BCUT2D eigenvalue weighted by molar-refractivity contribution is 6.52. The van der Waals surface area contributed by atoms with E-state index in [1.54, 1.807) is 0 Å². The minimum Gasteiger partial charge on any atom is -0.361 e. The molecule has 0 fully saturated rings. The Morgan fingerprint density at radius 2 is 1.59 bits per heavy atom. The maximum absolute atomic E-state index is 13.0. The second kappa shape index (κ2) is 6.89. The molecular formula is C25H22N2O2. The summed E-state index contributed by atoms with van der Waals surface area (Å²) in [5, 5.41) is 2.00. The lowest BCUT2D eigenvalue weighted by atomic mass is 9.95. The molecule has 0 radical (unpaired) electrons. The standard InChI is InChI=1S/C25H22N2O2/c1-2-3-12-27-15-19(17-9-5-7-11-21(17)27)25-23(29)13-22(28)24(25)18-14-26-20-10-6-4-8-16(18)20/h4-11,14-15,26H,2-3,12-13H2,1H3. The molecule has 2 heterocycles. The lowest BCUT2D eigenvalue weighted by Gasteiger charge is -2.04. The lowest BCUT2D eigenvalue weighted by Crippen LogP contribution is -1.97. The van der Waals surface area contributed by atoms with Gasteiger partial charge in [0.15, 0.2) is 11.6 Å². The molecule has 0 bridgehead atoms. The van der Waals surface area contributed by atoms with Crippen LogP contribution in [0.15, 0.2) is 60.9 Å². The highest BCUT2D eigenvalue weighted by Crippen LogP contribution is 2.41. The Balaban J connectivity index is 1.79. The fraction of sp³-hybridized carbons (Fsp3) is 0.200. The first kappa shape index (κ1) is 17.7. The Labute approximate surface area is 168 Å². The monoisotopic (exact) mass is 382 g/mol. The zero-order valence-electron chi connectivity index (χ0n) is 16.4. The average Bonchev–Trinajstić information content (AvgIpc) is 3.39. The van der Waals surface area contributed by atoms with E-state index < -0.39 is 0 Å². The number of aromatic amines is 1. The van der Waals surface area contributed by atoms with Gasteiger partial charge in [0.25, 0.3) is 0 Å². The van der Waals surface area contributed by atoms with Crippen molar-refractivity contribution < 1.29 is 9.59 Å². The van der Waals surface area contributed by atoms with Gasteiger partial charge in [-0.2, -0.15) is 0 Å². The van der Waals surface area contributed by atoms with Crippen LogP contribution in [0.4, 0.5) is 0 Å². The number of aryl methyl sites for hydroxylation is 1. The number of aromatic nitrogens is 2. The van der Waals surface area contributed by atoms with E-state index in [1.807, 2.05) is 48.7 Å². The first-order chi connectivity index (χ1) is 14.2. The molecule has 0 unspecified atom stereocenters. The summed E-state index contributed by atoms with van der Waals surface area (Å²) in [5.74, 6) is -0.186. The first-order valence-corrected chi connectivity index (χ1v) is 10.1. The topological polar surface area (TPSA) is 54.9 Å². The number of hydrogen-bond donors (Lipinski definition) is 1. The fourth-order valence-electron chi connectivity index (χ4n) is 4.41. The molecule has 29 heavy (non-hydrogen) atoms. The van der Waals surface area contributed by atoms with Gasteiger partial charge in [0.1, 0.15) is 0 Å². The Kier molecular flexibility index (Phi) is 4.20. The highest BCUT2D eigenvalue weighted by Gasteiger charge is 2.35. The van der Waals surface area contributed by atoms with Crippen molar-refractivity contribution in [2.24, 2.45) is 0 Å². The van der Waals surface area contributed by atoms with Gasteiger partial charge in [-0.05, 0) is 18.6 Å². The van der Waals surface area contributed by atoms with Crippen LogP contribution in [-0.4, -0.2) is 21.1 Å². The molecule has 0 saturated heterocycles. The van der Waals surface area contributed by atoms with Gasteiger partial charge in [-0.1, -0.05) is 49.7 Å². The van der Waals surface area contributed by atoms with Gasteiger partial charge in [0, 0.05) is 63.0 Å². The minimum atomic E-state index is -0.0971. The predicted octanol–water partition coefficient (Wildman–Crippen LogP) is 5.38. The van der Waals surface area contributed by atoms with E-state index in [4.69, 9.17) is 0 Å². The van der Waals surface area contributed by atoms with Crippen LogP contribution >= 0.6 is 0 Å². The van der Waals surface area contributed by atoms with Crippen molar-refractivity contribution in [2.45, 2.75) is 32.7 Å². The highest BCUT2D eigenvalue weighted by atomic mass is 16.2. The third-order valence-electron chi connectivity index (χ3n) is 5.80. The summed E-state index contributed by atoms with van der Waals surface area (Å²) in [4.78, 5) is 29.2. The number of carbonyl (C=O) groups is 2. The molecule has 0 spiro atoms. The van der Waals surface area contributed by atoms with Crippen LogP contribution in [0.25, 0.3) is 33.0 Å². The maximum Gasteiger partial charge on any atom is 0.172 e. The van der Waals surface area contributed by atoms with Crippen LogP contribution < -0.4 is 0 Å². The van der Waals surface area contributed by atoms with E-state index in [0.717, 1.165) is 52.3 Å². The molecule has 1 aliphatic rings. The van der Waals surface area contributed by atoms with Gasteiger partial charge in [-0.25, -0.2) is 0 Å². The van der Waals surface area contributed by atoms with Crippen molar-refractivity contribution in [3.05, 3.63) is 72.1 Å². The summed E-state index contributed by atoms with van der Waals surface area (Å²) in [6, 6.07) is 16.0. The number of allylic oxidation sites excluding steroid dienone is 2. The number of carbonyl (C=O) groups excluding carboxylic acids is 2. The molecule has 0 amide bonds. The van der Waals surface area contributed by atoms with Crippen molar-refractivity contribution in [3.8, 4) is 0 Å². The summed E-state index contributed by atoms with van der Waals surface area (Å²) >= 11 is 0. The molecule has 4 heteroatoms. The molecule has 4 aromatic rings. The third kappa shape index (κ3) is 2.75. The van der Waals surface area contributed by atoms with E-state index in [2.05, 4.69) is 28.7 Å². The van der Waals surface area contributed by atoms with Crippen LogP contribution in [0, 0.1) is 0 Å². The summed E-state index contributed by atoms with van der Waals surface area (Å²) < 4.78 is 2.21. The number of H-pyrrole nitrogens is 1. The third-order valence-corrected chi connectivity index (χ3v) is 5.80. The van der Waals surface area contributed by atoms with Crippen LogP contribution in [0.3, 0.4) is 0 Å². The quantitative estimate of drug-likeness (QED) is 0.472. The van der Waals surface area contributed by atoms with Crippen molar-refractivity contribution in [1.29, 1.82) is 0 Å². The number of nitrogens with one attached hydrogen (secondary N) is 1. The Hall–Kier alpha value is -3.40. The molecule has 1 aliphatic carbocycles. The number of Topliss-reactive ketones (excluding diaryl/α,β-unsaturated/α-hetero) is 2. The molecule has 144 valence electrons. The summed E-state index contributed by atoms with van der Waals surface area (Å²) in [7, 11) is 0. The average molecular weight is 382 g/mol. The Morgan fingerprint density at radius 1 is 0.897 bits per heavy atom. The van der Waals surface area contributed by atoms with E-state index >= 15 is 0 Å². The molecule has 5 rings (SSSR count). The number of benzene rings is 2. The molecule has 0 atom stereocenters. The number of rotatable bonds is 5. The number of nitrogens with zero attached hydrogens (tertiary/aromatic N) is 1. The van der Waals surface area contributed by atoms with Crippen LogP contribution in [0.1, 0.15) is 37.3 Å². The molecule has 2 aromatic carbocycles. The molecular weight excluding hydrogens is 360 g/mol. The number of ketones is 2. The molecule has 1 N–H and O–H groups in total. The SMILES string of the molecule is CCCCn1cc(C2=C(c3c[nH]c4ccccc34)C(=O)CC2=O)c2ccccc21. The van der Waals surface area contributed by atoms with E-state index in [9.17, 15) is 9.59 Å². The molecule has 2 aromatic heterocycles. The molecule has 0 aliphatic heterocycles. The fourth-order valence-corrected chi connectivity index (χ4v) is 4.41. The second-order valence-corrected chi connectivity index (χ2v) is 7.63. The van der Waals surface area contributed by atoms with Gasteiger partial charge >= 0.3 is 0 Å². The lowest BCUT2D eigenvalue weighted by molar-refractivity contribution is -0.119. The normalized spacial score (nSPS) is 14.7. The van der Waals surface area contributed by atoms with Gasteiger partial charge in [-0.3, -0.25) is 9.59 Å². The van der Waals surface area contributed by atoms with Gasteiger partial charge in [0.2, 0.25) is 0 Å². The van der Waals surface area contributed by atoms with Gasteiger partial charge in [0.05, 0.1) is 6.42 Å². The molecule has 4 nitrogen and oxygen atoms in total. The van der Waals surface area contributed by atoms with Gasteiger partial charge in [-0.15, -0.1) is 0 Å². The largest absolute Gasteiger partial charge is 0.361 e. The Morgan fingerprint density at radius 3 is 2.38 bits per heavy atom. The zero-order valence-corrected chi connectivity index (χ0v) is 16.4. The first-order valence-electron chi connectivity index (χ1n) is 10.1. The second-order valence-electron chi connectivity index (χ2n) is 7.63. The minimum absolute atomic E-state index is 0.0569. The van der Waals surface area contributed by atoms with Crippen molar-refractivity contribution in [1.82, 2.24) is 9.55 Å². The van der Waals surface area contributed by atoms with Crippen LogP contribution in [0.2, 0.25) is 0 Å². The predicted molar refractivity (Wildman–Crippen MR) is 117 cm³/mol. The summed E-state index contributed by atoms with van der Waals surface area (Å²) in [5.41, 5.74) is 4.86. The van der Waals surface area contributed by atoms with E-state index in [0.29, 0.717) is 11.1 Å². The number of unbranched alkanes of at least 4 members (excludes halogenated alkanes) is 1. The van der Waals surface area contributed by atoms with Crippen molar-refractivity contribution in [2.75, 3.05) is 0 Å². The zero-order chi connectivity index (χ0) is 20.0. The smallest absolute Gasteiger partial charge is 0.172 e. The van der Waals surface area contributed by atoms with Crippen LogP contribution in [-0.2, 0) is 16.1 Å². The van der Waals surface area contributed by atoms with E-state index in [1.165, 1.54) is 0 Å². The molecule has 0 saturated carbocycles. The van der Waals surface area contributed by atoms with Crippen molar-refractivity contribution >= 4 is 44.5 Å². The number of fused-ring (bicyclic) bond motifs is 2. The summed E-state index contributed by atoms with van der Waals surface area (Å²) in [6.07, 6.45) is 6.02. The van der Waals surface area contributed by atoms with E-state index in [-0.39, 0.29) is 18.0 Å². The maximum atomic E-state index is 13.0. The number of hydrogen-bond acceptors (Lipinski definition) is 2. The summed E-state index contributed by atoms with van der Waals surface area (Å²) in [6.45, 7) is 3.07. The van der Waals surface area contributed by atoms with Gasteiger partial charge < -0.3 is 9.55 Å².